The van der Waals surface area contributed by atoms with E-state index in [1.165, 1.54) is 0 Å². The first kappa shape index (κ1) is 15.9. The summed E-state index contributed by atoms with van der Waals surface area (Å²) in [6.45, 7) is 1.90. The number of H-pyrrole nitrogens is 1. The van der Waals surface area contributed by atoms with Crippen molar-refractivity contribution in [2.24, 2.45) is 7.05 Å². The molecule has 0 unspecified atom stereocenters. The van der Waals surface area contributed by atoms with E-state index >= 15 is 0 Å². The Morgan fingerprint density at radius 3 is 2.92 bits per heavy atom. The highest BCUT2D eigenvalue weighted by molar-refractivity contribution is 5.77. The predicted molar refractivity (Wildman–Crippen MR) is 90.5 cm³/mol. The molecule has 2 aromatic heterocycles. The Morgan fingerprint density at radius 1 is 1.38 bits per heavy atom. The molecule has 3 rings (SSSR count). The van der Waals surface area contributed by atoms with Gasteiger partial charge in [0.25, 0.3) is 5.56 Å². The molecule has 0 spiro atoms. The standard InChI is InChI=1S/C17H19N5O2/c1-11(12-9-18-22(2)10-12)19-16(23)8-7-15-17(24)21-14-6-4-3-5-13(14)20-15/h3-6,9-11H,7-8H2,1-2H3,(H,19,23)(H,21,24)/t11-/m0/s1. The fourth-order valence-corrected chi connectivity index (χ4v) is 2.53. The topological polar surface area (TPSA) is 92.7 Å². The highest BCUT2D eigenvalue weighted by Crippen LogP contribution is 2.11. The van der Waals surface area contributed by atoms with Gasteiger partial charge in [0.1, 0.15) is 5.69 Å². The first-order valence-corrected chi connectivity index (χ1v) is 7.79. The van der Waals surface area contributed by atoms with Crippen LogP contribution in [-0.2, 0) is 18.3 Å². The van der Waals surface area contributed by atoms with Gasteiger partial charge in [0.2, 0.25) is 5.91 Å². The van der Waals surface area contributed by atoms with Gasteiger partial charge < -0.3 is 10.3 Å². The minimum atomic E-state index is -0.248. The molecule has 124 valence electrons. The molecule has 0 bridgehead atoms. The summed E-state index contributed by atoms with van der Waals surface area (Å²) >= 11 is 0. The Bertz CT molecular complexity index is 928. The minimum absolute atomic E-state index is 0.124. The number of amides is 1. The summed E-state index contributed by atoms with van der Waals surface area (Å²) in [7, 11) is 1.83. The van der Waals surface area contributed by atoms with E-state index < -0.39 is 0 Å². The largest absolute Gasteiger partial charge is 0.349 e. The van der Waals surface area contributed by atoms with E-state index in [1.807, 2.05) is 38.4 Å². The molecule has 1 atom stereocenters. The molecule has 7 nitrogen and oxygen atoms in total. The van der Waals surface area contributed by atoms with Crippen molar-refractivity contribution < 1.29 is 4.79 Å². The number of aryl methyl sites for hydroxylation is 2. The third-order valence-electron chi connectivity index (χ3n) is 3.86. The molecule has 24 heavy (non-hydrogen) atoms. The highest BCUT2D eigenvalue weighted by atomic mass is 16.1. The number of hydrogen-bond donors (Lipinski definition) is 2. The highest BCUT2D eigenvalue weighted by Gasteiger charge is 2.12. The van der Waals surface area contributed by atoms with Crippen molar-refractivity contribution in [2.75, 3.05) is 0 Å². The third-order valence-corrected chi connectivity index (χ3v) is 3.86. The summed E-state index contributed by atoms with van der Waals surface area (Å²) in [6.07, 6.45) is 4.09. The van der Waals surface area contributed by atoms with Crippen molar-refractivity contribution in [1.29, 1.82) is 0 Å². The second kappa shape index (κ2) is 6.66. The monoisotopic (exact) mass is 325 g/mol. The molecule has 0 aliphatic carbocycles. The van der Waals surface area contributed by atoms with Crippen LogP contribution in [0.15, 0.2) is 41.5 Å². The normalized spacial score (nSPS) is 12.2. The zero-order valence-corrected chi connectivity index (χ0v) is 13.6. The number of rotatable bonds is 5. The van der Waals surface area contributed by atoms with E-state index in [0.717, 1.165) is 11.1 Å². The molecule has 0 aliphatic rings. The maximum absolute atomic E-state index is 12.1. The Labute approximate surface area is 138 Å². The summed E-state index contributed by atoms with van der Waals surface area (Å²) in [5, 5.41) is 6.99. The van der Waals surface area contributed by atoms with E-state index in [2.05, 4.69) is 20.4 Å². The van der Waals surface area contributed by atoms with Gasteiger partial charge in [-0.2, -0.15) is 5.10 Å². The van der Waals surface area contributed by atoms with Gasteiger partial charge >= 0.3 is 0 Å². The zero-order chi connectivity index (χ0) is 17.1. The van der Waals surface area contributed by atoms with E-state index in [-0.39, 0.29) is 23.9 Å². The molecular formula is C17H19N5O2. The molecule has 1 aromatic carbocycles. The molecule has 0 fully saturated rings. The number of nitrogens with one attached hydrogen (secondary N) is 2. The van der Waals surface area contributed by atoms with Gasteiger partial charge in [-0.05, 0) is 19.1 Å². The van der Waals surface area contributed by atoms with Gasteiger partial charge in [-0.15, -0.1) is 0 Å². The maximum atomic E-state index is 12.1. The van der Waals surface area contributed by atoms with Crippen LogP contribution < -0.4 is 10.9 Å². The van der Waals surface area contributed by atoms with Crippen LogP contribution in [0, 0.1) is 0 Å². The van der Waals surface area contributed by atoms with Crippen LogP contribution in [0.1, 0.15) is 30.6 Å². The average molecular weight is 325 g/mol. The average Bonchev–Trinajstić information content (AvgIpc) is 2.99. The van der Waals surface area contributed by atoms with Gasteiger partial charge in [-0.1, -0.05) is 12.1 Å². The molecule has 0 radical (unpaired) electrons. The fraction of sp³-hybridized carbons (Fsp3) is 0.294. The summed E-state index contributed by atoms with van der Waals surface area (Å²) < 4.78 is 1.69. The molecule has 0 aliphatic heterocycles. The lowest BCUT2D eigenvalue weighted by molar-refractivity contribution is -0.121. The lowest BCUT2D eigenvalue weighted by Gasteiger charge is -2.11. The number of hydrogen-bond acceptors (Lipinski definition) is 4. The van der Waals surface area contributed by atoms with Crippen molar-refractivity contribution in [3.63, 3.8) is 0 Å². The van der Waals surface area contributed by atoms with Crippen molar-refractivity contribution in [2.45, 2.75) is 25.8 Å². The fourth-order valence-electron chi connectivity index (χ4n) is 2.53. The molecule has 3 aromatic rings. The van der Waals surface area contributed by atoms with Crippen molar-refractivity contribution in [1.82, 2.24) is 25.1 Å². The van der Waals surface area contributed by atoms with Crippen molar-refractivity contribution in [3.05, 3.63) is 58.3 Å². The van der Waals surface area contributed by atoms with Gasteiger partial charge in [0.05, 0.1) is 23.3 Å². The first-order valence-electron chi connectivity index (χ1n) is 7.79. The lowest BCUT2D eigenvalue weighted by Crippen LogP contribution is -2.27. The van der Waals surface area contributed by atoms with Gasteiger partial charge in [0.15, 0.2) is 0 Å². The Kier molecular flexibility index (Phi) is 4.41. The van der Waals surface area contributed by atoms with Crippen LogP contribution in [0.5, 0.6) is 0 Å². The van der Waals surface area contributed by atoms with Crippen LogP contribution in [0.3, 0.4) is 0 Å². The van der Waals surface area contributed by atoms with Crippen LogP contribution in [-0.4, -0.2) is 25.7 Å². The summed E-state index contributed by atoms with van der Waals surface area (Å²) in [5.41, 5.74) is 2.48. The number of aromatic nitrogens is 4. The summed E-state index contributed by atoms with van der Waals surface area (Å²) in [5.74, 6) is -0.124. The Balaban J connectivity index is 1.64. The number of carbonyl (C=O) groups is 1. The predicted octanol–water partition coefficient (Wildman–Crippen LogP) is 1.47. The molecule has 2 heterocycles. The lowest BCUT2D eigenvalue weighted by atomic mass is 10.1. The smallest absolute Gasteiger partial charge is 0.270 e. The number of fused-ring (bicyclic) bond motifs is 1. The molecule has 2 N–H and O–H groups in total. The van der Waals surface area contributed by atoms with Gasteiger partial charge in [0, 0.05) is 31.6 Å². The summed E-state index contributed by atoms with van der Waals surface area (Å²) in [4.78, 5) is 31.3. The van der Waals surface area contributed by atoms with Gasteiger partial charge in [-0.25, -0.2) is 4.98 Å². The third kappa shape index (κ3) is 3.51. The number of para-hydroxylation sites is 2. The molecule has 0 saturated carbocycles. The van der Waals surface area contributed by atoms with E-state index in [9.17, 15) is 9.59 Å². The number of benzene rings is 1. The van der Waals surface area contributed by atoms with Gasteiger partial charge in [-0.3, -0.25) is 14.3 Å². The second-order valence-electron chi connectivity index (χ2n) is 5.77. The molecular weight excluding hydrogens is 306 g/mol. The number of nitrogens with zero attached hydrogens (tertiary/aromatic N) is 3. The number of aromatic amines is 1. The van der Waals surface area contributed by atoms with Crippen LogP contribution in [0.2, 0.25) is 0 Å². The Morgan fingerprint density at radius 2 is 2.17 bits per heavy atom. The van der Waals surface area contributed by atoms with Crippen molar-refractivity contribution >= 4 is 16.9 Å². The van der Waals surface area contributed by atoms with Crippen LogP contribution in [0.4, 0.5) is 0 Å². The summed E-state index contributed by atoms with van der Waals surface area (Å²) in [6, 6.07) is 7.20. The molecule has 0 saturated heterocycles. The number of carbonyl (C=O) groups excluding carboxylic acids is 1. The Hall–Kier alpha value is -2.96. The van der Waals surface area contributed by atoms with Crippen molar-refractivity contribution in [3.8, 4) is 0 Å². The van der Waals surface area contributed by atoms with Crippen LogP contribution in [0.25, 0.3) is 11.0 Å². The quantitative estimate of drug-likeness (QED) is 0.743. The van der Waals surface area contributed by atoms with Crippen LogP contribution >= 0.6 is 0 Å². The van der Waals surface area contributed by atoms with E-state index in [0.29, 0.717) is 17.6 Å². The zero-order valence-electron chi connectivity index (χ0n) is 13.6. The second-order valence-corrected chi connectivity index (χ2v) is 5.77. The van der Waals surface area contributed by atoms with E-state index in [1.54, 1.807) is 16.9 Å². The maximum Gasteiger partial charge on any atom is 0.270 e. The molecule has 1 amide bonds. The van der Waals surface area contributed by atoms with E-state index in [4.69, 9.17) is 0 Å². The molecule has 7 heteroatoms. The minimum Gasteiger partial charge on any atom is -0.349 e. The SMILES string of the molecule is C[C@H](NC(=O)CCc1nc2ccccc2[nH]c1=O)c1cnn(C)c1. The first-order chi connectivity index (χ1) is 11.5.